The highest BCUT2D eigenvalue weighted by molar-refractivity contribution is 7.13. The lowest BCUT2D eigenvalue weighted by Gasteiger charge is -2.06. The topological polar surface area (TPSA) is 84.9 Å². The van der Waals surface area contributed by atoms with Gasteiger partial charge < -0.3 is 9.72 Å². The molecule has 128 valence electrons. The summed E-state index contributed by atoms with van der Waals surface area (Å²) >= 11 is 1.44. The highest BCUT2D eigenvalue weighted by Gasteiger charge is 2.14. The van der Waals surface area contributed by atoms with E-state index >= 15 is 0 Å². The molecule has 6 nitrogen and oxygen atoms in total. The molecule has 0 saturated carbocycles. The van der Waals surface area contributed by atoms with Gasteiger partial charge in [-0.1, -0.05) is 24.3 Å². The van der Waals surface area contributed by atoms with Gasteiger partial charge in [0.2, 0.25) is 5.56 Å². The van der Waals surface area contributed by atoms with Crippen LogP contribution in [0.5, 0.6) is 0 Å². The molecule has 0 aliphatic rings. The molecule has 0 atom stereocenters. The molecular weight excluding hydrogens is 350 g/mol. The quantitative estimate of drug-likeness (QED) is 0.562. The van der Waals surface area contributed by atoms with Crippen molar-refractivity contribution in [2.24, 2.45) is 0 Å². The molecule has 4 aromatic rings. The number of esters is 1. The largest absolute Gasteiger partial charge is 0.456 e. The Morgan fingerprint density at radius 2 is 2.00 bits per heavy atom. The second-order valence-corrected chi connectivity index (χ2v) is 6.39. The lowest BCUT2D eigenvalue weighted by Crippen LogP contribution is -2.13. The highest BCUT2D eigenvalue weighted by Crippen LogP contribution is 2.22. The number of ether oxygens (including phenoxy) is 1. The third kappa shape index (κ3) is 3.25. The predicted octanol–water partition coefficient (Wildman–Crippen LogP) is 3.40. The maximum atomic E-state index is 12.4. The zero-order valence-electron chi connectivity index (χ0n) is 13.5. The molecule has 1 aromatic carbocycles. The van der Waals surface area contributed by atoms with Gasteiger partial charge in [-0.2, -0.15) is 0 Å². The van der Waals surface area contributed by atoms with Crippen molar-refractivity contribution in [3.63, 3.8) is 0 Å². The molecule has 4 rings (SSSR count). The van der Waals surface area contributed by atoms with Crippen molar-refractivity contribution < 1.29 is 9.53 Å². The Hall–Kier alpha value is -3.32. The summed E-state index contributed by atoms with van der Waals surface area (Å²) < 4.78 is 5.36. The monoisotopic (exact) mass is 363 g/mol. The molecule has 0 radical (unpaired) electrons. The first-order chi connectivity index (χ1) is 12.7. The van der Waals surface area contributed by atoms with Crippen molar-refractivity contribution in [3.8, 4) is 10.7 Å². The van der Waals surface area contributed by atoms with Gasteiger partial charge in [0, 0.05) is 28.5 Å². The van der Waals surface area contributed by atoms with Gasteiger partial charge in [0.05, 0.1) is 17.0 Å². The molecule has 7 heteroatoms. The summed E-state index contributed by atoms with van der Waals surface area (Å²) in [5.41, 5.74) is 1.90. The minimum absolute atomic E-state index is 0.0310. The molecule has 0 aliphatic carbocycles. The van der Waals surface area contributed by atoms with Gasteiger partial charge in [0.25, 0.3) is 0 Å². The number of benzene rings is 1. The van der Waals surface area contributed by atoms with E-state index < -0.39 is 5.97 Å². The molecule has 3 heterocycles. The number of para-hydroxylation sites is 1. The Morgan fingerprint density at radius 1 is 1.15 bits per heavy atom. The summed E-state index contributed by atoms with van der Waals surface area (Å²) in [5, 5.41) is 3.23. The second-order valence-electron chi connectivity index (χ2n) is 5.53. The maximum absolute atomic E-state index is 12.4. The van der Waals surface area contributed by atoms with E-state index in [0.29, 0.717) is 16.6 Å². The van der Waals surface area contributed by atoms with Crippen molar-refractivity contribution in [1.82, 2.24) is 15.0 Å². The van der Waals surface area contributed by atoms with Crippen LogP contribution < -0.4 is 5.56 Å². The van der Waals surface area contributed by atoms with Crippen LogP contribution in [-0.2, 0) is 11.3 Å². The number of nitrogens with one attached hydrogen (secondary N) is 1. The predicted molar refractivity (Wildman–Crippen MR) is 99.0 cm³/mol. The number of thiazole rings is 1. The average molecular weight is 363 g/mol. The highest BCUT2D eigenvalue weighted by atomic mass is 32.1. The summed E-state index contributed by atoms with van der Waals surface area (Å²) in [6, 6.07) is 14.0. The normalized spacial score (nSPS) is 10.8. The van der Waals surface area contributed by atoms with Crippen LogP contribution >= 0.6 is 11.3 Å². The molecule has 0 unspecified atom stereocenters. The number of fused-ring (bicyclic) bond motifs is 1. The van der Waals surface area contributed by atoms with Gasteiger partial charge in [-0.25, -0.2) is 9.78 Å². The fourth-order valence-corrected chi connectivity index (χ4v) is 3.35. The molecule has 3 aromatic heterocycles. The third-order valence-electron chi connectivity index (χ3n) is 3.76. The molecule has 0 amide bonds. The van der Waals surface area contributed by atoms with Crippen molar-refractivity contribution in [3.05, 3.63) is 81.7 Å². The average Bonchev–Trinajstić information content (AvgIpc) is 3.15. The molecular formula is C19H13N3O3S. The lowest BCUT2D eigenvalue weighted by molar-refractivity contribution is 0.0470. The Morgan fingerprint density at radius 3 is 2.85 bits per heavy atom. The van der Waals surface area contributed by atoms with Crippen LogP contribution in [0.25, 0.3) is 21.6 Å². The third-order valence-corrected chi connectivity index (χ3v) is 4.67. The number of nitrogens with zero attached hydrogens (tertiary/aromatic N) is 2. The van der Waals surface area contributed by atoms with Gasteiger partial charge in [-0.05, 0) is 18.2 Å². The number of pyridine rings is 2. The number of H-pyrrole nitrogens is 1. The smallest absolute Gasteiger partial charge is 0.339 e. The number of hydrogen-bond donors (Lipinski definition) is 1. The van der Waals surface area contributed by atoms with Crippen LogP contribution in [0.1, 0.15) is 16.1 Å². The first-order valence-corrected chi connectivity index (χ1v) is 8.74. The van der Waals surface area contributed by atoms with E-state index in [0.717, 1.165) is 10.7 Å². The number of aromatic amines is 1. The first-order valence-electron chi connectivity index (χ1n) is 7.86. The number of hydrogen-bond acceptors (Lipinski definition) is 6. The Bertz CT molecular complexity index is 1140. The molecule has 1 N–H and O–H groups in total. The summed E-state index contributed by atoms with van der Waals surface area (Å²) in [7, 11) is 0. The van der Waals surface area contributed by atoms with Crippen LogP contribution in [0.4, 0.5) is 0 Å². The number of carbonyl (C=O) groups is 1. The first kappa shape index (κ1) is 16.2. The van der Waals surface area contributed by atoms with Crippen LogP contribution in [0.2, 0.25) is 0 Å². The van der Waals surface area contributed by atoms with E-state index in [4.69, 9.17) is 4.74 Å². The molecule has 0 bridgehead atoms. The van der Waals surface area contributed by atoms with Gasteiger partial charge in [-0.3, -0.25) is 9.78 Å². The van der Waals surface area contributed by atoms with Crippen LogP contribution in [0.15, 0.2) is 64.9 Å². The molecule has 26 heavy (non-hydrogen) atoms. The summed E-state index contributed by atoms with van der Waals surface area (Å²) in [6.07, 6.45) is 1.70. The zero-order chi connectivity index (χ0) is 17.9. The van der Waals surface area contributed by atoms with E-state index in [1.54, 1.807) is 30.5 Å². The number of aromatic nitrogens is 3. The second kappa shape index (κ2) is 6.89. The Kier molecular flexibility index (Phi) is 4.28. The van der Waals surface area contributed by atoms with Crippen LogP contribution in [-0.4, -0.2) is 20.9 Å². The van der Waals surface area contributed by atoms with Crippen LogP contribution in [0, 0.1) is 0 Å². The lowest BCUT2D eigenvalue weighted by atomic mass is 10.1. The van der Waals surface area contributed by atoms with Crippen molar-refractivity contribution in [2.75, 3.05) is 0 Å². The van der Waals surface area contributed by atoms with E-state index in [-0.39, 0.29) is 17.7 Å². The van der Waals surface area contributed by atoms with Gasteiger partial charge in [0.15, 0.2) is 0 Å². The van der Waals surface area contributed by atoms with Crippen molar-refractivity contribution in [1.29, 1.82) is 0 Å². The molecule has 0 fully saturated rings. The molecule has 0 saturated heterocycles. The summed E-state index contributed by atoms with van der Waals surface area (Å²) in [6.45, 7) is 0.0310. The maximum Gasteiger partial charge on any atom is 0.339 e. The van der Waals surface area contributed by atoms with Crippen LogP contribution in [0.3, 0.4) is 0 Å². The van der Waals surface area contributed by atoms with Gasteiger partial charge in [0.1, 0.15) is 11.6 Å². The Labute approximate surface area is 152 Å². The SMILES string of the molecule is O=C(OCc1csc(-c2ccccn2)n1)c1cc(=O)[nH]c2ccccc12. The van der Waals surface area contributed by atoms with E-state index in [2.05, 4.69) is 15.0 Å². The fraction of sp³-hybridized carbons (Fsp3) is 0.0526. The Balaban J connectivity index is 1.53. The molecule has 0 aliphatic heterocycles. The van der Waals surface area contributed by atoms with E-state index in [9.17, 15) is 9.59 Å². The number of rotatable bonds is 4. The van der Waals surface area contributed by atoms with E-state index in [1.807, 2.05) is 23.6 Å². The van der Waals surface area contributed by atoms with Crippen molar-refractivity contribution >= 4 is 28.2 Å². The minimum Gasteiger partial charge on any atom is -0.456 e. The van der Waals surface area contributed by atoms with E-state index in [1.165, 1.54) is 17.4 Å². The van der Waals surface area contributed by atoms with Crippen molar-refractivity contribution in [2.45, 2.75) is 6.61 Å². The van der Waals surface area contributed by atoms with Gasteiger partial charge >= 0.3 is 5.97 Å². The summed E-state index contributed by atoms with van der Waals surface area (Å²) in [4.78, 5) is 35.6. The summed E-state index contributed by atoms with van der Waals surface area (Å²) in [5.74, 6) is -0.556. The fourth-order valence-electron chi connectivity index (χ4n) is 2.57. The minimum atomic E-state index is -0.556. The number of carbonyl (C=O) groups excluding carboxylic acids is 1. The van der Waals surface area contributed by atoms with Gasteiger partial charge in [-0.15, -0.1) is 11.3 Å². The standard InChI is InChI=1S/C19H13N3O3S/c23-17-9-14(13-5-1-2-6-15(13)22-17)19(24)25-10-12-11-26-18(21-12)16-7-3-4-8-20-16/h1-9,11H,10H2,(H,22,23). The molecule has 0 spiro atoms. The zero-order valence-corrected chi connectivity index (χ0v) is 14.3.